The number of anilines is 3. The zero-order chi connectivity index (χ0) is 24.9. The van der Waals surface area contributed by atoms with E-state index in [-0.39, 0.29) is 6.03 Å². The highest BCUT2D eigenvalue weighted by molar-refractivity contribution is 5.99. The quantitative estimate of drug-likeness (QED) is 0.309. The number of amides is 2. The number of aromatic amines is 1. The molecule has 5 rings (SSSR count). The van der Waals surface area contributed by atoms with Crippen molar-refractivity contribution < 1.29 is 4.79 Å². The van der Waals surface area contributed by atoms with Gasteiger partial charge in [-0.15, -0.1) is 5.10 Å². The molecular formula is C26H29N9O. The molecule has 36 heavy (non-hydrogen) atoms. The highest BCUT2D eigenvalue weighted by atomic mass is 16.2. The summed E-state index contributed by atoms with van der Waals surface area (Å²) in [6.07, 6.45) is 3.42. The second-order valence-electron chi connectivity index (χ2n) is 9.07. The van der Waals surface area contributed by atoms with Gasteiger partial charge >= 0.3 is 6.03 Å². The van der Waals surface area contributed by atoms with Crippen molar-refractivity contribution in [3.8, 4) is 22.6 Å². The highest BCUT2D eigenvalue weighted by Crippen LogP contribution is 2.33. The summed E-state index contributed by atoms with van der Waals surface area (Å²) < 4.78 is 0. The van der Waals surface area contributed by atoms with Crippen molar-refractivity contribution in [2.45, 2.75) is 33.1 Å². The Morgan fingerprint density at radius 1 is 1.06 bits per heavy atom. The molecule has 1 saturated carbocycles. The maximum absolute atomic E-state index is 12.8. The molecule has 2 aromatic heterocycles. The van der Waals surface area contributed by atoms with Gasteiger partial charge < -0.3 is 10.2 Å². The third-order valence-corrected chi connectivity index (χ3v) is 6.02. The van der Waals surface area contributed by atoms with E-state index in [4.69, 9.17) is 9.97 Å². The molecule has 0 aliphatic heterocycles. The predicted octanol–water partition coefficient (Wildman–Crippen LogP) is 4.90. The number of urea groups is 1. The van der Waals surface area contributed by atoms with Gasteiger partial charge in [0.2, 0.25) is 5.95 Å². The summed E-state index contributed by atoms with van der Waals surface area (Å²) in [7, 11) is 0. The molecule has 0 atom stereocenters. The zero-order valence-electron chi connectivity index (χ0n) is 20.4. The number of carbonyl (C=O) groups excluding carboxylic acids is 1. The molecule has 2 aromatic carbocycles. The van der Waals surface area contributed by atoms with Crippen molar-refractivity contribution in [1.82, 2.24) is 30.6 Å². The van der Waals surface area contributed by atoms with Crippen LogP contribution in [0.2, 0.25) is 0 Å². The number of hydrogen-bond donors (Lipinski definition) is 3. The van der Waals surface area contributed by atoms with Crippen LogP contribution >= 0.6 is 0 Å². The Kier molecular flexibility index (Phi) is 6.83. The monoisotopic (exact) mass is 483 g/mol. The molecule has 3 N–H and O–H groups in total. The Morgan fingerprint density at radius 2 is 1.83 bits per heavy atom. The second kappa shape index (κ2) is 10.5. The first-order valence-corrected chi connectivity index (χ1v) is 12.2. The van der Waals surface area contributed by atoms with Gasteiger partial charge in [-0.1, -0.05) is 48.9 Å². The lowest BCUT2D eigenvalue weighted by molar-refractivity contribution is 0.262. The lowest BCUT2D eigenvalue weighted by atomic mass is 10.0. The van der Waals surface area contributed by atoms with Crippen LogP contribution in [0.5, 0.6) is 0 Å². The molecule has 0 radical (unpaired) electrons. The van der Waals surface area contributed by atoms with Gasteiger partial charge in [-0.05, 0) is 54.7 Å². The van der Waals surface area contributed by atoms with E-state index in [1.54, 1.807) is 6.07 Å². The summed E-state index contributed by atoms with van der Waals surface area (Å²) in [6.45, 7) is 5.89. The molecule has 2 amide bonds. The van der Waals surface area contributed by atoms with Crippen LogP contribution in [0.25, 0.3) is 22.6 Å². The minimum atomic E-state index is -0.369. The van der Waals surface area contributed by atoms with E-state index in [1.165, 1.54) is 12.8 Å². The van der Waals surface area contributed by atoms with E-state index >= 15 is 0 Å². The van der Waals surface area contributed by atoms with Crippen molar-refractivity contribution >= 4 is 23.5 Å². The number of hydrogen-bond acceptors (Lipinski definition) is 7. The number of nitrogens with one attached hydrogen (secondary N) is 3. The van der Waals surface area contributed by atoms with Gasteiger partial charge in [0.1, 0.15) is 5.82 Å². The molecule has 184 valence electrons. The Hall–Kier alpha value is -4.34. The van der Waals surface area contributed by atoms with E-state index in [9.17, 15) is 4.79 Å². The molecule has 1 aliphatic rings. The van der Waals surface area contributed by atoms with Crippen LogP contribution in [-0.4, -0.2) is 49.7 Å². The van der Waals surface area contributed by atoms with E-state index < -0.39 is 0 Å². The average Bonchev–Trinajstić information content (AvgIpc) is 3.53. The fourth-order valence-electron chi connectivity index (χ4n) is 4.03. The van der Waals surface area contributed by atoms with Gasteiger partial charge in [-0.25, -0.2) is 14.9 Å². The van der Waals surface area contributed by atoms with Gasteiger partial charge in [0, 0.05) is 36.0 Å². The Labute approximate surface area is 209 Å². The lowest BCUT2D eigenvalue weighted by Gasteiger charge is -2.23. The minimum Gasteiger partial charge on any atom is -0.340 e. The van der Waals surface area contributed by atoms with Crippen LogP contribution in [-0.2, 0) is 0 Å². The number of carbonyl (C=O) groups is 1. The van der Waals surface area contributed by atoms with Crippen LogP contribution in [0.3, 0.4) is 0 Å². The Morgan fingerprint density at radius 3 is 2.53 bits per heavy atom. The van der Waals surface area contributed by atoms with Crippen molar-refractivity contribution in [3.63, 3.8) is 0 Å². The number of aromatic nitrogens is 6. The Balaban J connectivity index is 1.50. The molecule has 0 spiro atoms. The number of tetrazole rings is 1. The van der Waals surface area contributed by atoms with Crippen molar-refractivity contribution in [2.24, 2.45) is 5.92 Å². The summed E-state index contributed by atoms with van der Waals surface area (Å²) in [5.41, 5.74) is 4.15. The first-order chi connectivity index (χ1) is 17.6. The lowest BCUT2D eigenvalue weighted by Crippen LogP contribution is -2.29. The van der Waals surface area contributed by atoms with Crippen LogP contribution in [0.15, 0.2) is 54.6 Å². The van der Waals surface area contributed by atoms with Crippen molar-refractivity contribution in [1.29, 1.82) is 0 Å². The molecule has 4 aromatic rings. The predicted molar refractivity (Wildman–Crippen MR) is 140 cm³/mol. The van der Waals surface area contributed by atoms with Gasteiger partial charge in [-0.3, -0.25) is 5.32 Å². The maximum Gasteiger partial charge on any atom is 0.324 e. The largest absolute Gasteiger partial charge is 0.340 e. The molecule has 1 aliphatic carbocycles. The van der Waals surface area contributed by atoms with Crippen LogP contribution in [0, 0.1) is 12.8 Å². The summed E-state index contributed by atoms with van der Waals surface area (Å²) in [4.78, 5) is 24.7. The first-order valence-electron chi connectivity index (χ1n) is 12.2. The van der Waals surface area contributed by atoms with Gasteiger partial charge in [0.25, 0.3) is 0 Å². The van der Waals surface area contributed by atoms with E-state index in [0.717, 1.165) is 36.2 Å². The maximum atomic E-state index is 12.8. The van der Waals surface area contributed by atoms with E-state index in [0.29, 0.717) is 34.9 Å². The molecule has 0 bridgehead atoms. The molecule has 0 unspecified atom stereocenters. The van der Waals surface area contributed by atoms with Crippen LogP contribution in [0.1, 0.15) is 31.7 Å². The average molecular weight is 484 g/mol. The summed E-state index contributed by atoms with van der Waals surface area (Å²) >= 11 is 0. The highest BCUT2D eigenvalue weighted by Gasteiger charge is 2.26. The summed E-state index contributed by atoms with van der Waals surface area (Å²) in [6, 6.07) is 16.8. The van der Waals surface area contributed by atoms with Crippen molar-refractivity contribution in [3.05, 3.63) is 60.2 Å². The van der Waals surface area contributed by atoms with Gasteiger partial charge in [0.05, 0.1) is 5.69 Å². The molecule has 10 nitrogen and oxygen atoms in total. The number of nitrogens with zero attached hydrogens (tertiary/aromatic N) is 6. The Bertz CT molecular complexity index is 1320. The third kappa shape index (κ3) is 5.65. The van der Waals surface area contributed by atoms with Crippen LogP contribution in [0.4, 0.5) is 22.2 Å². The molecule has 0 saturated heterocycles. The third-order valence-electron chi connectivity index (χ3n) is 6.02. The van der Waals surface area contributed by atoms with Gasteiger partial charge in [-0.2, -0.15) is 4.98 Å². The topological polar surface area (TPSA) is 125 Å². The first kappa shape index (κ1) is 23.4. The fraction of sp³-hybridized carbons (Fsp3) is 0.308. The zero-order valence-corrected chi connectivity index (χ0v) is 20.4. The number of aryl methyl sites for hydroxylation is 1. The van der Waals surface area contributed by atoms with E-state index in [1.807, 2.05) is 55.5 Å². The second-order valence-corrected chi connectivity index (χ2v) is 9.07. The number of H-pyrrole nitrogens is 1. The molecular weight excluding hydrogens is 454 g/mol. The van der Waals surface area contributed by atoms with Crippen LogP contribution < -0.4 is 15.5 Å². The molecule has 10 heteroatoms. The summed E-state index contributed by atoms with van der Waals surface area (Å²) in [5.74, 6) is 2.22. The number of benzene rings is 2. The molecule has 1 fully saturated rings. The fourth-order valence-corrected chi connectivity index (χ4v) is 4.03. The molecule has 2 heterocycles. The number of rotatable bonds is 9. The summed E-state index contributed by atoms with van der Waals surface area (Å²) in [5, 5.41) is 20.1. The standard InChI is InChI=1S/C26H29N9O/c1-3-14-35(16-18-10-11-18)25-28-22(20-6-4-5-7-21(20)24-31-33-34-32-24)15-23(29-25)30-26(36)27-19-12-8-17(2)9-13-19/h4-9,12-13,15,18H,3,10-11,14,16H2,1-2H3,(H,31,32,33,34)(H2,27,28,29,30,36). The van der Waals surface area contributed by atoms with E-state index in [2.05, 4.69) is 43.1 Å². The van der Waals surface area contributed by atoms with Gasteiger partial charge in [0.15, 0.2) is 5.82 Å². The SMILES string of the molecule is CCCN(CC1CC1)c1nc(NC(=O)Nc2ccc(C)cc2)cc(-c2ccccc2-c2nnn[nH]2)n1. The smallest absolute Gasteiger partial charge is 0.324 e. The van der Waals surface area contributed by atoms with Crippen molar-refractivity contribution in [2.75, 3.05) is 28.6 Å². The minimum absolute atomic E-state index is 0.369. The normalized spacial score (nSPS) is 12.8.